The average molecular weight is 198 g/mol. The Morgan fingerprint density at radius 2 is 2.00 bits per heavy atom. The van der Waals surface area contributed by atoms with Gasteiger partial charge in [-0.25, -0.2) is 0 Å². The van der Waals surface area contributed by atoms with Crippen molar-refractivity contribution in [2.24, 2.45) is 5.92 Å². The van der Waals surface area contributed by atoms with E-state index in [-0.39, 0.29) is 0 Å². The van der Waals surface area contributed by atoms with E-state index in [2.05, 4.69) is 13.0 Å². The Kier molecular flexibility index (Phi) is 6.46. The van der Waals surface area contributed by atoms with Gasteiger partial charge in [0, 0.05) is 6.42 Å². The molecule has 0 aliphatic heterocycles. The molecule has 0 spiro atoms. The van der Waals surface area contributed by atoms with Crippen LogP contribution < -0.4 is 0 Å². The topological polar surface area (TPSA) is 37.3 Å². The average Bonchev–Trinajstić information content (AvgIpc) is 2.08. The third-order valence-electron chi connectivity index (χ3n) is 2.13. The van der Waals surface area contributed by atoms with E-state index < -0.39 is 5.60 Å². The van der Waals surface area contributed by atoms with Gasteiger partial charge in [0.15, 0.2) is 0 Å². The minimum absolute atomic E-state index is 0.480. The maximum atomic E-state index is 10.0. The Morgan fingerprint density at radius 1 is 1.36 bits per heavy atom. The van der Waals surface area contributed by atoms with Crippen molar-refractivity contribution in [2.75, 3.05) is 0 Å². The minimum Gasteiger partial charge on any atom is -0.390 e. The molecular formula is C12H22O2. The molecule has 1 unspecified atom stereocenters. The van der Waals surface area contributed by atoms with Gasteiger partial charge >= 0.3 is 0 Å². The van der Waals surface area contributed by atoms with Crippen molar-refractivity contribution in [3.8, 4) is 0 Å². The highest BCUT2D eigenvalue weighted by molar-refractivity contribution is 5.49. The molecule has 14 heavy (non-hydrogen) atoms. The van der Waals surface area contributed by atoms with Crippen LogP contribution in [0.25, 0.3) is 0 Å². The van der Waals surface area contributed by atoms with Crippen LogP contribution in [0.1, 0.15) is 46.5 Å². The zero-order valence-electron chi connectivity index (χ0n) is 9.49. The van der Waals surface area contributed by atoms with E-state index in [4.69, 9.17) is 0 Å². The summed E-state index contributed by atoms with van der Waals surface area (Å²) in [6, 6.07) is 0. The van der Waals surface area contributed by atoms with E-state index in [1.807, 2.05) is 19.9 Å². The second-order valence-electron chi connectivity index (χ2n) is 4.50. The smallest absolute Gasteiger partial charge is 0.120 e. The third-order valence-corrected chi connectivity index (χ3v) is 2.13. The molecule has 0 bridgehead atoms. The lowest BCUT2D eigenvalue weighted by molar-refractivity contribution is -0.107. The van der Waals surface area contributed by atoms with Crippen LogP contribution in [0, 0.1) is 5.92 Å². The first-order valence-electron chi connectivity index (χ1n) is 5.28. The second kappa shape index (κ2) is 6.77. The number of allylic oxidation sites excluding steroid dienone is 2. The number of hydrogen-bond acceptors (Lipinski definition) is 2. The van der Waals surface area contributed by atoms with Crippen molar-refractivity contribution in [3.63, 3.8) is 0 Å². The quantitative estimate of drug-likeness (QED) is 0.388. The molecule has 0 aliphatic carbocycles. The molecule has 0 rings (SSSR count). The summed E-state index contributed by atoms with van der Waals surface area (Å²) in [4.78, 5) is 10.0. The van der Waals surface area contributed by atoms with Crippen LogP contribution in [-0.2, 0) is 4.79 Å². The highest BCUT2D eigenvalue weighted by Crippen LogP contribution is 2.16. The van der Waals surface area contributed by atoms with Crippen LogP contribution in [0.5, 0.6) is 0 Å². The van der Waals surface area contributed by atoms with Crippen LogP contribution >= 0.6 is 0 Å². The van der Waals surface area contributed by atoms with Crippen LogP contribution in [0.4, 0.5) is 0 Å². The molecule has 2 heteroatoms. The van der Waals surface area contributed by atoms with Crippen molar-refractivity contribution >= 4 is 6.29 Å². The molecule has 0 aliphatic rings. The molecule has 82 valence electrons. The molecule has 0 radical (unpaired) electrons. The van der Waals surface area contributed by atoms with E-state index in [1.165, 1.54) is 0 Å². The van der Waals surface area contributed by atoms with E-state index in [9.17, 15) is 9.90 Å². The number of rotatable bonds is 7. The molecule has 0 heterocycles. The summed E-state index contributed by atoms with van der Waals surface area (Å²) in [7, 11) is 0. The molecule has 1 N–H and O–H groups in total. The normalized spacial score (nSPS) is 14.6. The molecule has 0 saturated carbocycles. The van der Waals surface area contributed by atoms with Gasteiger partial charge in [-0.2, -0.15) is 0 Å². The van der Waals surface area contributed by atoms with Crippen LogP contribution in [0.3, 0.4) is 0 Å². The molecule has 0 aromatic rings. The molecule has 0 amide bonds. The Morgan fingerprint density at radius 3 is 2.50 bits per heavy atom. The van der Waals surface area contributed by atoms with E-state index >= 15 is 0 Å². The molecular weight excluding hydrogens is 176 g/mol. The summed E-state index contributed by atoms with van der Waals surface area (Å²) in [5.41, 5.74) is -0.565. The fourth-order valence-electron chi connectivity index (χ4n) is 1.17. The lowest BCUT2D eigenvalue weighted by atomic mass is 9.96. The highest BCUT2D eigenvalue weighted by Gasteiger charge is 2.12. The van der Waals surface area contributed by atoms with Gasteiger partial charge in [-0.3, -0.25) is 0 Å². The van der Waals surface area contributed by atoms with Crippen molar-refractivity contribution in [3.05, 3.63) is 12.2 Å². The lowest BCUT2D eigenvalue weighted by Crippen LogP contribution is -2.18. The largest absolute Gasteiger partial charge is 0.390 e. The zero-order chi connectivity index (χ0) is 11.0. The molecule has 0 fully saturated rings. The second-order valence-corrected chi connectivity index (χ2v) is 4.50. The summed E-state index contributed by atoms with van der Waals surface area (Å²) in [6.07, 6.45) is 8.34. The predicted octanol–water partition coefficient (Wildman–Crippen LogP) is 2.71. The molecule has 0 aromatic carbocycles. The number of hydrogen-bond donors (Lipinski definition) is 1. The number of aliphatic hydroxyl groups is 1. The monoisotopic (exact) mass is 198 g/mol. The van der Waals surface area contributed by atoms with Crippen molar-refractivity contribution in [2.45, 2.75) is 52.1 Å². The molecule has 2 nitrogen and oxygen atoms in total. The van der Waals surface area contributed by atoms with Gasteiger partial charge in [-0.05, 0) is 39.0 Å². The predicted molar refractivity (Wildman–Crippen MR) is 59.1 cm³/mol. The highest BCUT2D eigenvalue weighted by atomic mass is 16.3. The van der Waals surface area contributed by atoms with Gasteiger partial charge < -0.3 is 9.90 Å². The first kappa shape index (κ1) is 13.4. The third kappa shape index (κ3) is 9.46. The number of carbonyl (C=O) groups excluding carboxylic acids is 1. The lowest BCUT2D eigenvalue weighted by Gasteiger charge is -2.18. The SMILES string of the molecule is CC(C=CCCC=O)CCC(C)(C)O. The number of carbonyl (C=O) groups is 1. The minimum atomic E-state index is -0.565. The molecule has 1 atom stereocenters. The van der Waals surface area contributed by atoms with Gasteiger partial charge in [0.25, 0.3) is 0 Å². The zero-order valence-corrected chi connectivity index (χ0v) is 9.49. The summed E-state index contributed by atoms with van der Waals surface area (Å²) >= 11 is 0. The maximum Gasteiger partial charge on any atom is 0.120 e. The fraction of sp³-hybridized carbons (Fsp3) is 0.750. The first-order chi connectivity index (χ1) is 6.45. The van der Waals surface area contributed by atoms with Gasteiger partial charge in [0.05, 0.1) is 5.60 Å². The van der Waals surface area contributed by atoms with Crippen molar-refractivity contribution in [1.82, 2.24) is 0 Å². The Labute approximate surface area is 87.0 Å². The summed E-state index contributed by atoms with van der Waals surface area (Å²) in [5.74, 6) is 0.480. The Balaban J connectivity index is 3.59. The van der Waals surface area contributed by atoms with E-state index in [0.717, 1.165) is 25.5 Å². The van der Waals surface area contributed by atoms with Gasteiger partial charge in [-0.15, -0.1) is 0 Å². The van der Waals surface area contributed by atoms with Crippen LogP contribution in [0.2, 0.25) is 0 Å². The van der Waals surface area contributed by atoms with Gasteiger partial charge in [0.1, 0.15) is 6.29 Å². The molecule has 0 saturated heterocycles. The van der Waals surface area contributed by atoms with Crippen LogP contribution in [0.15, 0.2) is 12.2 Å². The van der Waals surface area contributed by atoms with Crippen molar-refractivity contribution in [1.29, 1.82) is 0 Å². The maximum absolute atomic E-state index is 10.0. The summed E-state index contributed by atoms with van der Waals surface area (Å²) < 4.78 is 0. The summed E-state index contributed by atoms with van der Waals surface area (Å²) in [6.45, 7) is 5.79. The van der Waals surface area contributed by atoms with Gasteiger partial charge in [-0.1, -0.05) is 19.1 Å². The number of aldehydes is 1. The van der Waals surface area contributed by atoms with E-state index in [1.54, 1.807) is 0 Å². The van der Waals surface area contributed by atoms with E-state index in [0.29, 0.717) is 12.3 Å². The van der Waals surface area contributed by atoms with Crippen molar-refractivity contribution < 1.29 is 9.90 Å². The fourth-order valence-corrected chi connectivity index (χ4v) is 1.17. The first-order valence-corrected chi connectivity index (χ1v) is 5.28. The number of unbranched alkanes of at least 4 members (excludes halogenated alkanes) is 1. The standard InChI is InChI=1S/C12H22O2/c1-11(7-5-4-6-10-13)8-9-12(2,3)14/h5,7,10-11,14H,4,6,8-9H2,1-3H3. The Hall–Kier alpha value is -0.630. The Bertz CT molecular complexity index is 177. The van der Waals surface area contributed by atoms with Crippen LogP contribution in [-0.4, -0.2) is 17.0 Å². The summed E-state index contributed by atoms with van der Waals surface area (Å²) in [5, 5.41) is 9.51. The molecule has 0 aromatic heterocycles. The van der Waals surface area contributed by atoms with Gasteiger partial charge in [0.2, 0.25) is 0 Å².